The summed E-state index contributed by atoms with van der Waals surface area (Å²) in [6, 6.07) is 0.159. The summed E-state index contributed by atoms with van der Waals surface area (Å²) < 4.78 is 0. The van der Waals surface area contributed by atoms with E-state index in [4.69, 9.17) is 5.11 Å². The highest BCUT2D eigenvalue weighted by molar-refractivity contribution is 4.56. The zero-order valence-corrected chi connectivity index (χ0v) is 7.16. The van der Waals surface area contributed by atoms with Gasteiger partial charge < -0.3 is 5.11 Å². The molecule has 0 aromatic heterocycles. The minimum absolute atomic E-state index is 0.159. The highest BCUT2D eigenvalue weighted by atomic mass is 16.3. The second kappa shape index (κ2) is 6.09. The quantitative estimate of drug-likeness (QED) is 0.360. The van der Waals surface area contributed by atoms with Crippen molar-refractivity contribution in [2.24, 2.45) is 5.29 Å². The third-order valence-electron chi connectivity index (χ3n) is 1.50. The first kappa shape index (κ1) is 10.4. The Bertz CT molecular complexity index is 107. The van der Waals surface area contributed by atoms with E-state index in [0.29, 0.717) is 6.54 Å². The van der Waals surface area contributed by atoms with Crippen LogP contribution in [-0.2, 0) is 0 Å². The monoisotopic (exact) mass is 160 g/mol. The van der Waals surface area contributed by atoms with Gasteiger partial charge in [0.05, 0.1) is 5.29 Å². The minimum Gasteiger partial charge on any atom is -0.396 e. The predicted octanol–water partition coefficient (Wildman–Crippen LogP) is 1.15. The van der Waals surface area contributed by atoms with Gasteiger partial charge >= 0.3 is 0 Å². The first-order valence-corrected chi connectivity index (χ1v) is 3.93. The van der Waals surface area contributed by atoms with Crippen molar-refractivity contribution in [3.8, 4) is 0 Å². The van der Waals surface area contributed by atoms with Crippen LogP contribution in [0.5, 0.6) is 0 Å². The Labute approximate surface area is 67.1 Å². The summed E-state index contributed by atoms with van der Waals surface area (Å²) >= 11 is 0. The highest BCUT2D eigenvalue weighted by Crippen LogP contribution is 2.00. The SMILES string of the molecule is CC(C)N(CCCCO)N=O. The van der Waals surface area contributed by atoms with Crippen LogP contribution >= 0.6 is 0 Å². The Kier molecular flexibility index (Phi) is 5.74. The first-order chi connectivity index (χ1) is 5.22. The predicted molar refractivity (Wildman–Crippen MR) is 44.0 cm³/mol. The molecule has 0 atom stereocenters. The smallest absolute Gasteiger partial charge is 0.0526 e. The van der Waals surface area contributed by atoms with Crippen LogP contribution in [0.3, 0.4) is 0 Å². The van der Waals surface area contributed by atoms with Gasteiger partial charge in [-0.15, -0.1) is 4.91 Å². The largest absolute Gasteiger partial charge is 0.396 e. The molecule has 0 saturated heterocycles. The van der Waals surface area contributed by atoms with Crippen LogP contribution in [-0.4, -0.2) is 29.3 Å². The van der Waals surface area contributed by atoms with E-state index in [9.17, 15) is 4.91 Å². The molecule has 0 amide bonds. The van der Waals surface area contributed by atoms with Crippen LogP contribution in [0.4, 0.5) is 0 Å². The Hall–Kier alpha value is -0.640. The van der Waals surface area contributed by atoms with Gasteiger partial charge in [0.15, 0.2) is 0 Å². The molecule has 0 heterocycles. The maximum atomic E-state index is 10.2. The number of hydrogen-bond acceptors (Lipinski definition) is 3. The van der Waals surface area contributed by atoms with E-state index in [1.54, 1.807) is 0 Å². The molecule has 0 aliphatic carbocycles. The number of unbranched alkanes of at least 4 members (excludes halogenated alkanes) is 1. The first-order valence-electron chi connectivity index (χ1n) is 3.93. The lowest BCUT2D eigenvalue weighted by Gasteiger charge is -2.18. The van der Waals surface area contributed by atoms with Crippen LogP contribution in [0.2, 0.25) is 0 Å². The third-order valence-corrected chi connectivity index (χ3v) is 1.50. The summed E-state index contributed by atoms with van der Waals surface area (Å²) in [5.74, 6) is 0. The topological polar surface area (TPSA) is 52.9 Å². The van der Waals surface area contributed by atoms with E-state index < -0.39 is 0 Å². The molecule has 0 bridgehead atoms. The molecular formula is C7H16N2O2. The molecule has 0 rings (SSSR count). The van der Waals surface area contributed by atoms with Crippen molar-refractivity contribution in [2.45, 2.75) is 32.7 Å². The fourth-order valence-corrected chi connectivity index (χ4v) is 0.779. The molecule has 4 heteroatoms. The van der Waals surface area contributed by atoms with Gasteiger partial charge in [-0.2, -0.15) is 0 Å². The number of nitrogens with zero attached hydrogens (tertiary/aromatic N) is 2. The number of rotatable bonds is 6. The van der Waals surface area contributed by atoms with Crippen LogP contribution in [0, 0.1) is 4.91 Å². The second-order valence-corrected chi connectivity index (χ2v) is 2.77. The average Bonchev–Trinajstić information content (AvgIpc) is 1.97. The number of nitroso groups, excluding NO2 is 1. The van der Waals surface area contributed by atoms with Crippen molar-refractivity contribution >= 4 is 0 Å². The highest BCUT2D eigenvalue weighted by Gasteiger charge is 2.05. The van der Waals surface area contributed by atoms with Crippen molar-refractivity contribution in [1.82, 2.24) is 5.01 Å². The van der Waals surface area contributed by atoms with Gasteiger partial charge in [-0.3, -0.25) is 5.01 Å². The van der Waals surface area contributed by atoms with E-state index in [1.807, 2.05) is 13.8 Å². The summed E-state index contributed by atoms with van der Waals surface area (Å²) in [4.78, 5) is 10.2. The molecule has 0 aromatic carbocycles. The second-order valence-electron chi connectivity index (χ2n) is 2.77. The van der Waals surface area contributed by atoms with Gasteiger partial charge in [-0.05, 0) is 26.7 Å². The lowest BCUT2D eigenvalue weighted by Crippen LogP contribution is -2.25. The van der Waals surface area contributed by atoms with Crippen LogP contribution < -0.4 is 0 Å². The molecule has 0 unspecified atom stereocenters. The van der Waals surface area contributed by atoms with Crippen LogP contribution in [0.15, 0.2) is 5.29 Å². The minimum atomic E-state index is 0.159. The molecule has 0 fully saturated rings. The summed E-state index contributed by atoms with van der Waals surface area (Å²) in [5, 5.41) is 12.8. The van der Waals surface area contributed by atoms with Crippen molar-refractivity contribution < 1.29 is 5.11 Å². The van der Waals surface area contributed by atoms with E-state index in [2.05, 4.69) is 5.29 Å². The number of hydrogen-bond donors (Lipinski definition) is 1. The van der Waals surface area contributed by atoms with Gasteiger partial charge in [-0.1, -0.05) is 0 Å². The zero-order valence-electron chi connectivity index (χ0n) is 7.16. The molecule has 1 N–H and O–H groups in total. The third kappa shape index (κ3) is 4.72. The molecule has 0 aromatic rings. The summed E-state index contributed by atoms with van der Waals surface area (Å²) in [7, 11) is 0. The van der Waals surface area contributed by atoms with Gasteiger partial charge in [0.1, 0.15) is 0 Å². The molecule has 11 heavy (non-hydrogen) atoms. The Morgan fingerprint density at radius 1 is 1.45 bits per heavy atom. The van der Waals surface area contributed by atoms with Crippen LogP contribution in [0.1, 0.15) is 26.7 Å². The Balaban J connectivity index is 3.44. The maximum absolute atomic E-state index is 10.2. The average molecular weight is 160 g/mol. The molecule has 0 aliphatic heterocycles. The van der Waals surface area contributed by atoms with E-state index in [0.717, 1.165) is 12.8 Å². The van der Waals surface area contributed by atoms with Crippen molar-refractivity contribution in [2.75, 3.05) is 13.2 Å². The van der Waals surface area contributed by atoms with Gasteiger partial charge in [0.2, 0.25) is 0 Å². The number of aliphatic hydroxyl groups is 1. The van der Waals surface area contributed by atoms with Crippen LogP contribution in [0.25, 0.3) is 0 Å². The molecule has 0 saturated carbocycles. The lowest BCUT2D eigenvalue weighted by molar-refractivity contribution is 0.210. The lowest BCUT2D eigenvalue weighted by atomic mass is 10.3. The fraction of sp³-hybridized carbons (Fsp3) is 1.00. The molecule has 4 nitrogen and oxygen atoms in total. The molecule has 0 aliphatic rings. The van der Waals surface area contributed by atoms with Crippen molar-refractivity contribution in [1.29, 1.82) is 0 Å². The summed E-state index contributed by atoms with van der Waals surface area (Å²) in [6.07, 6.45) is 1.55. The standard InChI is InChI=1S/C7H16N2O2/c1-7(2)9(8-11)5-3-4-6-10/h7,10H,3-6H2,1-2H3. The molecule has 0 spiro atoms. The molecule has 66 valence electrons. The summed E-state index contributed by atoms with van der Waals surface area (Å²) in [6.45, 7) is 4.66. The van der Waals surface area contributed by atoms with Gasteiger partial charge in [0.25, 0.3) is 0 Å². The maximum Gasteiger partial charge on any atom is 0.0526 e. The van der Waals surface area contributed by atoms with Gasteiger partial charge in [-0.25, -0.2) is 0 Å². The number of aliphatic hydroxyl groups excluding tert-OH is 1. The molecule has 0 radical (unpaired) electrons. The fourth-order valence-electron chi connectivity index (χ4n) is 0.779. The molecular weight excluding hydrogens is 144 g/mol. The van der Waals surface area contributed by atoms with E-state index >= 15 is 0 Å². The van der Waals surface area contributed by atoms with Crippen molar-refractivity contribution in [3.05, 3.63) is 4.91 Å². The Morgan fingerprint density at radius 2 is 2.09 bits per heavy atom. The zero-order chi connectivity index (χ0) is 8.69. The van der Waals surface area contributed by atoms with Gasteiger partial charge in [0, 0.05) is 19.2 Å². The van der Waals surface area contributed by atoms with E-state index in [-0.39, 0.29) is 12.6 Å². The summed E-state index contributed by atoms with van der Waals surface area (Å²) in [5.41, 5.74) is 0. The normalized spacial score (nSPS) is 10.2. The van der Waals surface area contributed by atoms with E-state index in [1.165, 1.54) is 5.01 Å². The Morgan fingerprint density at radius 3 is 2.45 bits per heavy atom. The van der Waals surface area contributed by atoms with Crippen molar-refractivity contribution in [3.63, 3.8) is 0 Å².